The Kier molecular flexibility index (Phi) is 7.15. The molecule has 0 heterocycles. The van der Waals surface area contributed by atoms with Crippen LogP contribution in [-0.2, 0) is 9.59 Å². The predicted molar refractivity (Wildman–Crippen MR) is 68.6 cm³/mol. The van der Waals surface area contributed by atoms with Crippen molar-refractivity contribution in [3.63, 3.8) is 0 Å². The third-order valence-electron chi connectivity index (χ3n) is 3.20. The van der Waals surface area contributed by atoms with Crippen LogP contribution in [0.4, 0.5) is 0 Å². The normalized spacial score (nSPS) is 25.5. The monoisotopic (exact) mass is 263 g/mol. The summed E-state index contributed by atoms with van der Waals surface area (Å²) in [5.41, 5.74) is 10.6. The fourth-order valence-electron chi connectivity index (χ4n) is 2.13. The maximum atomic E-state index is 11.6. The SMILES string of the molecule is CC1CCCCC1NC(=O)C(N)CC(N)=O.Cl. The molecule has 0 bridgehead atoms. The smallest absolute Gasteiger partial charge is 0.237 e. The van der Waals surface area contributed by atoms with Gasteiger partial charge in [0.15, 0.2) is 0 Å². The molecule has 1 aliphatic rings. The highest BCUT2D eigenvalue weighted by Crippen LogP contribution is 2.23. The van der Waals surface area contributed by atoms with Crippen molar-refractivity contribution < 1.29 is 9.59 Å². The van der Waals surface area contributed by atoms with E-state index >= 15 is 0 Å². The van der Waals surface area contributed by atoms with Gasteiger partial charge in [0, 0.05) is 6.04 Å². The van der Waals surface area contributed by atoms with Crippen molar-refractivity contribution in [1.82, 2.24) is 5.32 Å². The van der Waals surface area contributed by atoms with E-state index in [1.54, 1.807) is 0 Å². The molecule has 0 aliphatic heterocycles. The highest BCUT2D eigenvalue weighted by atomic mass is 35.5. The maximum Gasteiger partial charge on any atom is 0.237 e. The molecule has 17 heavy (non-hydrogen) atoms. The minimum Gasteiger partial charge on any atom is -0.370 e. The Morgan fingerprint density at radius 2 is 1.94 bits per heavy atom. The lowest BCUT2D eigenvalue weighted by atomic mass is 9.86. The molecule has 100 valence electrons. The Morgan fingerprint density at radius 1 is 1.35 bits per heavy atom. The van der Waals surface area contributed by atoms with Gasteiger partial charge in [-0.2, -0.15) is 0 Å². The second kappa shape index (κ2) is 7.50. The quantitative estimate of drug-likeness (QED) is 0.681. The van der Waals surface area contributed by atoms with Gasteiger partial charge in [-0.25, -0.2) is 0 Å². The zero-order valence-corrected chi connectivity index (χ0v) is 11.0. The summed E-state index contributed by atoms with van der Waals surface area (Å²) >= 11 is 0. The maximum absolute atomic E-state index is 11.6. The average molecular weight is 264 g/mol. The standard InChI is InChI=1S/C11H21N3O2.ClH/c1-7-4-2-3-5-9(7)14-11(16)8(12)6-10(13)15;/h7-9H,2-6,12H2,1H3,(H2,13,15)(H,14,16);1H. The first kappa shape index (κ1) is 16.2. The molecule has 0 aromatic rings. The van der Waals surface area contributed by atoms with Gasteiger partial charge in [0.1, 0.15) is 0 Å². The molecule has 1 aliphatic carbocycles. The number of rotatable bonds is 4. The van der Waals surface area contributed by atoms with Crippen LogP contribution in [0.15, 0.2) is 0 Å². The van der Waals surface area contributed by atoms with Gasteiger partial charge in [0.2, 0.25) is 11.8 Å². The Balaban J connectivity index is 0.00000256. The Bertz CT molecular complexity index is 273. The van der Waals surface area contributed by atoms with E-state index in [4.69, 9.17) is 11.5 Å². The lowest BCUT2D eigenvalue weighted by molar-refractivity contribution is -0.127. The van der Waals surface area contributed by atoms with Gasteiger partial charge < -0.3 is 16.8 Å². The summed E-state index contributed by atoms with van der Waals surface area (Å²) in [5.74, 6) is -0.324. The summed E-state index contributed by atoms with van der Waals surface area (Å²) in [5, 5.41) is 2.90. The third-order valence-corrected chi connectivity index (χ3v) is 3.20. The van der Waals surface area contributed by atoms with Crippen LogP contribution in [0.5, 0.6) is 0 Å². The Labute approximate surface area is 108 Å². The van der Waals surface area contributed by atoms with Gasteiger partial charge in [0.25, 0.3) is 0 Å². The van der Waals surface area contributed by atoms with E-state index in [1.807, 2.05) is 0 Å². The third kappa shape index (κ3) is 5.37. The van der Waals surface area contributed by atoms with Crippen molar-refractivity contribution in [2.75, 3.05) is 0 Å². The van der Waals surface area contributed by atoms with Crippen LogP contribution in [0.3, 0.4) is 0 Å². The molecule has 0 aromatic carbocycles. The predicted octanol–water partition coefficient (Wildman–Crippen LogP) is 0.306. The lowest BCUT2D eigenvalue weighted by Gasteiger charge is -2.30. The van der Waals surface area contributed by atoms with E-state index in [-0.39, 0.29) is 30.8 Å². The van der Waals surface area contributed by atoms with Crippen LogP contribution in [0, 0.1) is 5.92 Å². The van der Waals surface area contributed by atoms with E-state index < -0.39 is 11.9 Å². The number of nitrogens with two attached hydrogens (primary N) is 2. The molecule has 1 saturated carbocycles. The zero-order chi connectivity index (χ0) is 12.1. The first-order valence-corrected chi connectivity index (χ1v) is 5.85. The molecule has 5 N–H and O–H groups in total. The number of hydrogen-bond donors (Lipinski definition) is 3. The van der Waals surface area contributed by atoms with E-state index in [1.165, 1.54) is 6.42 Å². The van der Waals surface area contributed by atoms with Gasteiger partial charge in [0.05, 0.1) is 12.5 Å². The number of nitrogens with one attached hydrogen (secondary N) is 1. The minimum absolute atomic E-state index is 0. The molecule has 0 saturated heterocycles. The molecular weight excluding hydrogens is 242 g/mol. The fraction of sp³-hybridized carbons (Fsp3) is 0.818. The van der Waals surface area contributed by atoms with Gasteiger partial charge >= 0.3 is 0 Å². The molecule has 3 unspecified atom stereocenters. The number of primary amides is 1. The van der Waals surface area contributed by atoms with Gasteiger partial charge in [-0.15, -0.1) is 12.4 Å². The van der Waals surface area contributed by atoms with Crippen LogP contribution in [0.25, 0.3) is 0 Å². The topological polar surface area (TPSA) is 98.2 Å². The second-order valence-corrected chi connectivity index (χ2v) is 4.65. The highest BCUT2D eigenvalue weighted by Gasteiger charge is 2.25. The van der Waals surface area contributed by atoms with E-state index in [2.05, 4.69) is 12.2 Å². The molecule has 3 atom stereocenters. The molecule has 5 nitrogen and oxygen atoms in total. The molecule has 1 rings (SSSR count). The molecule has 0 aromatic heterocycles. The molecule has 1 fully saturated rings. The second-order valence-electron chi connectivity index (χ2n) is 4.65. The molecule has 0 spiro atoms. The Hall–Kier alpha value is -0.810. The molecular formula is C11H22ClN3O2. The fourth-order valence-corrected chi connectivity index (χ4v) is 2.13. The number of amides is 2. The highest BCUT2D eigenvalue weighted by molar-refractivity contribution is 5.87. The van der Waals surface area contributed by atoms with Crippen molar-refractivity contribution in [2.45, 2.75) is 51.1 Å². The summed E-state index contributed by atoms with van der Waals surface area (Å²) in [6, 6.07) is -0.619. The van der Waals surface area contributed by atoms with E-state index in [0.717, 1.165) is 19.3 Å². The summed E-state index contributed by atoms with van der Waals surface area (Å²) in [6.45, 7) is 2.13. The number of hydrogen-bond acceptors (Lipinski definition) is 3. The first-order chi connectivity index (χ1) is 7.50. The average Bonchev–Trinajstić information content (AvgIpc) is 2.20. The van der Waals surface area contributed by atoms with Crippen LogP contribution in [0.1, 0.15) is 39.0 Å². The number of carbonyl (C=O) groups excluding carboxylic acids is 2. The summed E-state index contributed by atoms with van der Waals surface area (Å²) in [7, 11) is 0. The number of halogens is 1. The van der Waals surface area contributed by atoms with Crippen LogP contribution in [0.2, 0.25) is 0 Å². The van der Waals surface area contributed by atoms with Crippen LogP contribution >= 0.6 is 12.4 Å². The molecule has 2 amide bonds. The lowest BCUT2D eigenvalue weighted by Crippen LogP contribution is -2.49. The zero-order valence-electron chi connectivity index (χ0n) is 10.1. The molecule has 0 radical (unpaired) electrons. The van der Waals surface area contributed by atoms with Crippen molar-refractivity contribution in [3.05, 3.63) is 0 Å². The molecule has 6 heteroatoms. The largest absolute Gasteiger partial charge is 0.370 e. The Morgan fingerprint density at radius 3 is 2.47 bits per heavy atom. The van der Waals surface area contributed by atoms with Crippen molar-refractivity contribution in [3.8, 4) is 0 Å². The number of carbonyl (C=O) groups is 2. The van der Waals surface area contributed by atoms with E-state index in [9.17, 15) is 9.59 Å². The van der Waals surface area contributed by atoms with Crippen molar-refractivity contribution in [2.24, 2.45) is 17.4 Å². The first-order valence-electron chi connectivity index (χ1n) is 5.85. The van der Waals surface area contributed by atoms with E-state index in [0.29, 0.717) is 5.92 Å². The van der Waals surface area contributed by atoms with Gasteiger partial charge in [-0.1, -0.05) is 19.8 Å². The van der Waals surface area contributed by atoms with Crippen LogP contribution in [-0.4, -0.2) is 23.9 Å². The van der Waals surface area contributed by atoms with Crippen molar-refractivity contribution >= 4 is 24.2 Å². The minimum atomic E-state index is -0.813. The van der Waals surface area contributed by atoms with Gasteiger partial charge in [-0.3, -0.25) is 9.59 Å². The van der Waals surface area contributed by atoms with Crippen molar-refractivity contribution in [1.29, 1.82) is 0 Å². The van der Waals surface area contributed by atoms with Gasteiger partial charge in [-0.05, 0) is 18.8 Å². The summed E-state index contributed by atoms with van der Waals surface area (Å²) in [6.07, 6.45) is 4.40. The summed E-state index contributed by atoms with van der Waals surface area (Å²) < 4.78 is 0. The summed E-state index contributed by atoms with van der Waals surface area (Å²) in [4.78, 5) is 22.3. The van der Waals surface area contributed by atoms with Crippen LogP contribution < -0.4 is 16.8 Å².